The molecule has 0 aliphatic carbocycles. The number of nitrogens with one attached hydrogen (secondary N) is 2. The topological polar surface area (TPSA) is 87.7 Å². The summed E-state index contributed by atoms with van der Waals surface area (Å²) in [6.07, 6.45) is -0.676. The lowest BCUT2D eigenvalue weighted by Gasteiger charge is -2.09. The number of ether oxygens (including phenoxy) is 1. The lowest BCUT2D eigenvalue weighted by atomic mass is 10.2. The molecule has 3 rings (SSSR count). The van der Waals surface area contributed by atoms with Crippen molar-refractivity contribution in [1.82, 2.24) is 10.6 Å². The molecule has 6 nitrogen and oxygen atoms in total. The summed E-state index contributed by atoms with van der Waals surface area (Å²) in [5.41, 5.74) is 1.63. The second-order valence-electron chi connectivity index (χ2n) is 5.94. The maximum atomic E-state index is 12.0. The van der Waals surface area contributed by atoms with Gasteiger partial charge in [-0.2, -0.15) is 11.3 Å². The molecule has 0 aliphatic heterocycles. The quantitative estimate of drug-likeness (QED) is 0.517. The lowest BCUT2D eigenvalue weighted by Crippen LogP contribution is -2.39. The first-order chi connectivity index (χ1) is 13.6. The lowest BCUT2D eigenvalue weighted by molar-refractivity contribution is -0.139. The third-order valence-corrected chi connectivity index (χ3v) is 5.91. The van der Waals surface area contributed by atoms with Crippen molar-refractivity contribution >= 4 is 34.5 Å². The predicted molar refractivity (Wildman–Crippen MR) is 109 cm³/mol. The molecule has 1 unspecified atom stereocenters. The Morgan fingerprint density at radius 3 is 2.54 bits per heavy atom. The van der Waals surface area contributed by atoms with Gasteiger partial charge in [0, 0.05) is 21.9 Å². The van der Waals surface area contributed by atoms with Crippen LogP contribution in [0.1, 0.15) is 27.0 Å². The number of aliphatic hydroxyl groups is 1. The number of para-hydroxylation sites is 1. The SMILES string of the molecule is COc1ccccc1CNC(=O)C(=O)NCc1ccc(C(O)c2ccsc2)s1. The maximum absolute atomic E-state index is 12.0. The second kappa shape index (κ2) is 9.50. The summed E-state index contributed by atoms with van der Waals surface area (Å²) in [5.74, 6) is -0.761. The van der Waals surface area contributed by atoms with Crippen LogP contribution in [0, 0.1) is 0 Å². The van der Waals surface area contributed by atoms with E-state index in [0.29, 0.717) is 5.75 Å². The van der Waals surface area contributed by atoms with E-state index in [1.165, 1.54) is 22.7 Å². The molecule has 1 aromatic carbocycles. The number of carbonyl (C=O) groups excluding carboxylic acids is 2. The van der Waals surface area contributed by atoms with Gasteiger partial charge in [0.05, 0.1) is 13.7 Å². The number of carbonyl (C=O) groups is 2. The molecular formula is C20H20N2O4S2. The van der Waals surface area contributed by atoms with Gasteiger partial charge < -0.3 is 20.5 Å². The third kappa shape index (κ3) is 4.98. The number of benzene rings is 1. The molecule has 146 valence electrons. The van der Waals surface area contributed by atoms with Crippen LogP contribution < -0.4 is 15.4 Å². The fraction of sp³-hybridized carbons (Fsp3) is 0.200. The Hall–Kier alpha value is -2.68. The van der Waals surface area contributed by atoms with E-state index in [4.69, 9.17) is 4.74 Å². The van der Waals surface area contributed by atoms with Crippen molar-refractivity contribution in [2.45, 2.75) is 19.2 Å². The molecule has 3 N–H and O–H groups in total. The highest BCUT2D eigenvalue weighted by Crippen LogP contribution is 2.29. The van der Waals surface area contributed by atoms with Gasteiger partial charge in [0.25, 0.3) is 0 Å². The van der Waals surface area contributed by atoms with Crippen LogP contribution in [0.5, 0.6) is 5.75 Å². The number of hydrogen-bond donors (Lipinski definition) is 3. The van der Waals surface area contributed by atoms with E-state index in [-0.39, 0.29) is 13.1 Å². The van der Waals surface area contributed by atoms with E-state index in [1.54, 1.807) is 13.2 Å². The molecular weight excluding hydrogens is 396 g/mol. The summed E-state index contributed by atoms with van der Waals surface area (Å²) >= 11 is 2.93. The molecule has 0 bridgehead atoms. The van der Waals surface area contributed by atoms with Gasteiger partial charge in [-0.3, -0.25) is 9.59 Å². The number of thiophene rings is 2. The van der Waals surface area contributed by atoms with E-state index >= 15 is 0 Å². The third-order valence-electron chi connectivity index (χ3n) is 4.07. The number of hydrogen-bond acceptors (Lipinski definition) is 6. The molecule has 3 aromatic rings. The van der Waals surface area contributed by atoms with Gasteiger partial charge in [-0.05, 0) is 40.6 Å². The smallest absolute Gasteiger partial charge is 0.309 e. The second-order valence-corrected chi connectivity index (χ2v) is 7.92. The summed E-state index contributed by atoms with van der Waals surface area (Å²) in [7, 11) is 1.55. The summed E-state index contributed by atoms with van der Waals surface area (Å²) in [6.45, 7) is 0.425. The van der Waals surface area contributed by atoms with Crippen LogP contribution in [0.15, 0.2) is 53.2 Å². The molecule has 0 radical (unpaired) electrons. The van der Waals surface area contributed by atoms with Crippen molar-refractivity contribution in [1.29, 1.82) is 0 Å². The van der Waals surface area contributed by atoms with E-state index in [9.17, 15) is 14.7 Å². The first-order valence-electron chi connectivity index (χ1n) is 8.55. The summed E-state index contributed by atoms with van der Waals surface area (Å²) in [4.78, 5) is 25.7. The van der Waals surface area contributed by atoms with E-state index < -0.39 is 17.9 Å². The van der Waals surface area contributed by atoms with E-state index in [0.717, 1.165) is 20.9 Å². The van der Waals surface area contributed by atoms with Crippen molar-refractivity contribution in [3.05, 3.63) is 74.1 Å². The monoisotopic (exact) mass is 416 g/mol. The maximum Gasteiger partial charge on any atom is 0.309 e. The van der Waals surface area contributed by atoms with Crippen molar-refractivity contribution in [3.8, 4) is 5.75 Å². The number of aliphatic hydroxyl groups excluding tert-OH is 1. The Labute approximate surface area is 170 Å². The summed E-state index contributed by atoms with van der Waals surface area (Å²) in [5, 5.41) is 19.3. The highest BCUT2D eigenvalue weighted by atomic mass is 32.1. The van der Waals surface area contributed by atoms with Gasteiger partial charge in [0.15, 0.2) is 0 Å². The fourth-order valence-corrected chi connectivity index (χ4v) is 4.23. The highest BCUT2D eigenvalue weighted by molar-refractivity contribution is 7.12. The van der Waals surface area contributed by atoms with Crippen LogP contribution in [-0.4, -0.2) is 24.0 Å². The van der Waals surface area contributed by atoms with Crippen LogP contribution in [-0.2, 0) is 22.7 Å². The van der Waals surface area contributed by atoms with Gasteiger partial charge in [-0.1, -0.05) is 18.2 Å². The van der Waals surface area contributed by atoms with Crippen LogP contribution in [0.25, 0.3) is 0 Å². The van der Waals surface area contributed by atoms with Gasteiger partial charge >= 0.3 is 11.8 Å². The van der Waals surface area contributed by atoms with E-state index in [2.05, 4.69) is 10.6 Å². The molecule has 0 spiro atoms. The van der Waals surface area contributed by atoms with Crippen LogP contribution in [0.3, 0.4) is 0 Å². The number of rotatable bonds is 7. The van der Waals surface area contributed by atoms with Crippen LogP contribution >= 0.6 is 22.7 Å². The first kappa shape index (κ1) is 20.1. The molecule has 2 heterocycles. The van der Waals surface area contributed by atoms with Gasteiger partial charge in [0.2, 0.25) is 0 Å². The molecule has 2 amide bonds. The Balaban J connectivity index is 1.49. The number of methoxy groups -OCH3 is 1. The van der Waals surface area contributed by atoms with Crippen molar-refractivity contribution < 1.29 is 19.4 Å². The minimum Gasteiger partial charge on any atom is -0.496 e. The minimum absolute atomic E-state index is 0.201. The fourth-order valence-electron chi connectivity index (χ4n) is 2.58. The minimum atomic E-state index is -0.707. The zero-order chi connectivity index (χ0) is 19.9. The molecule has 28 heavy (non-hydrogen) atoms. The molecule has 0 saturated carbocycles. The number of amides is 2. The molecule has 8 heteroatoms. The molecule has 2 aromatic heterocycles. The van der Waals surface area contributed by atoms with Crippen LogP contribution in [0.2, 0.25) is 0 Å². The van der Waals surface area contributed by atoms with Crippen molar-refractivity contribution in [2.24, 2.45) is 0 Å². The Morgan fingerprint density at radius 2 is 1.82 bits per heavy atom. The Bertz CT molecular complexity index is 937. The molecule has 0 fully saturated rings. The zero-order valence-corrected chi connectivity index (χ0v) is 16.8. The average Bonchev–Trinajstić information content (AvgIpc) is 3.42. The van der Waals surface area contributed by atoms with Crippen molar-refractivity contribution in [2.75, 3.05) is 7.11 Å². The molecule has 1 atom stereocenters. The van der Waals surface area contributed by atoms with Gasteiger partial charge in [-0.15, -0.1) is 11.3 Å². The van der Waals surface area contributed by atoms with E-state index in [1.807, 2.05) is 47.2 Å². The summed E-state index contributed by atoms with van der Waals surface area (Å²) < 4.78 is 5.22. The Morgan fingerprint density at radius 1 is 1.07 bits per heavy atom. The molecule has 0 aliphatic rings. The first-order valence-corrected chi connectivity index (χ1v) is 10.3. The zero-order valence-electron chi connectivity index (χ0n) is 15.2. The largest absolute Gasteiger partial charge is 0.496 e. The highest BCUT2D eigenvalue weighted by Gasteiger charge is 2.16. The predicted octanol–water partition coefficient (Wildman–Crippen LogP) is 2.83. The van der Waals surface area contributed by atoms with Gasteiger partial charge in [0.1, 0.15) is 11.9 Å². The summed E-state index contributed by atoms with van der Waals surface area (Å²) in [6, 6.07) is 12.8. The molecule has 0 saturated heterocycles. The van der Waals surface area contributed by atoms with Crippen molar-refractivity contribution in [3.63, 3.8) is 0 Å². The van der Waals surface area contributed by atoms with Crippen LogP contribution in [0.4, 0.5) is 0 Å². The average molecular weight is 417 g/mol. The Kier molecular flexibility index (Phi) is 6.80. The standard InChI is InChI=1S/C20H20N2O4S2/c1-26-16-5-3-2-4-13(16)10-21-19(24)20(25)22-11-15-6-7-17(28-15)18(23)14-8-9-27-12-14/h2-9,12,18,23H,10-11H2,1H3,(H,21,24)(H,22,25). The van der Waals surface area contributed by atoms with Gasteiger partial charge in [-0.25, -0.2) is 0 Å². The normalized spacial score (nSPS) is 11.6.